The molecule has 0 aliphatic heterocycles. The first-order chi connectivity index (χ1) is 45.5. The molecule has 3 N–H and O–H groups in total. The standard InChI is InChI=1S/C84H167N2O6P/c1-6-8-10-12-14-16-18-20-22-24-26-28-30-32-34-36-38-40-41-42-43-44-45-46-48-50-52-54-56-58-60-62-64-66-68-70-72-74-76-78-84(88)85-82(81-92-93(89,90)91-80-79-86(3,4)5)83(87)77-75-73-71-69-67-65-63-61-59-57-55-53-51-49-47-39-37-35-33-31-29-27-25-23-21-19-17-15-13-11-9-7-2/h18,20,24,26,82-83,87H,6-17,19,21-23,25,27-81H2,1-5H3,(H-,85,88,89,90)/p+1/b20-18-,26-24-. The van der Waals surface area contributed by atoms with Crippen LogP contribution in [-0.2, 0) is 18.4 Å². The number of unbranched alkanes of at least 4 members (excludes halogenated alkanes) is 63. The number of quaternary nitrogens is 1. The summed E-state index contributed by atoms with van der Waals surface area (Å²) in [5, 5.41) is 14.2. The Bertz CT molecular complexity index is 1570. The lowest BCUT2D eigenvalue weighted by Gasteiger charge is -2.26. The predicted octanol–water partition coefficient (Wildman–Crippen LogP) is 27.7. The van der Waals surface area contributed by atoms with Crippen LogP contribution in [0, 0.1) is 0 Å². The van der Waals surface area contributed by atoms with Crippen LogP contribution in [-0.4, -0.2) is 73.4 Å². The van der Waals surface area contributed by atoms with Gasteiger partial charge in [-0.25, -0.2) is 4.57 Å². The summed E-state index contributed by atoms with van der Waals surface area (Å²) >= 11 is 0. The highest BCUT2D eigenvalue weighted by Crippen LogP contribution is 2.43. The summed E-state index contributed by atoms with van der Waals surface area (Å²) in [6.45, 7) is 4.96. The van der Waals surface area contributed by atoms with Crippen LogP contribution < -0.4 is 5.32 Å². The number of nitrogens with one attached hydrogen (secondary N) is 1. The van der Waals surface area contributed by atoms with Gasteiger partial charge < -0.3 is 19.8 Å². The largest absolute Gasteiger partial charge is 0.472 e. The van der Waals surface area contributed by atoms with Crippen LogP contribution >= 0.6 is 7.82 Å². The van der Waals surface area contributed by atoms with E-state index in [9.17, 15) is 19.4 Å². The molecule has 0 bridgehead atoms. The average Bonchev–Trinajstić information content (AvgIpc) is 1.94. The number of phosphoric ester groups is 1. The molecule has 0 aliphatic rings. The molecule has 3 atom stereocenters. The molecule has 0 rings (SSSR count). The number of nitrogens with zero attached hydrogens (tertiary/aromatic N) is 1. The van der Waals surface area contributed by atoms with Crippen LogP contribution in [0.1, 0.15) is 457 Å². The molecule has 93 heavy (non-hydrogen) atoms. The lowest BCUT2D eigenvalue weighted by molar-refractivity contribution is -0.870. The zero-order valence-corrected chi connectivity index (χ0v) is 64.7. The van der Waals surface area contributed by atoms with Gasteiger partial charge in [-0.05, 0) is 44.9 Å². The fraction of sp³-hybridized carbons (Fsp3) is 0.940. The number of likely N-dealkylation sites (N-methyl/N-ethyl adjacent to an activating group) is 1. The molecule has 1 amide bonds. The highest BCUT2D eigenvalue weighted by atomic mass is 31.2. The molecule has 0 spiro atoms. The molecule has 0 aliphatic carbocycles. The Labute approximate surface area is 583 Å². The van der Waals surface area contributed by atoms with E-state index < -0.39 is 20.0 Å². The Kier molecular flexibility index (Phi) is 74.4. The topological polar surface area (TPSA) is 105 Å². The van der Waals surface area contributed by atoms with E-state index >= 15 is 0 Å². The molecule has 0 aromatic carbocycles. The number of hydrogen-bond donors (Lipinski definition) is 3. The molecule has 8 nitrogen and oxygen atoms in total. The van der Waals surface area contributed by atoms with Gasteiger partial charge in [0.1, 0.15) is 13.2 Å². The number of carbonyl (C=O) groups is 1. The van der Waals surface area contributed by atoms with Gasteiger partial charge in [-0.2, -0.15) is 0 Å². The number of rotatable bonds is 80. The second-order valence-electron chi connectivity index (χ2n) is 30.6. The van der Waals surface area contributed by atoms with Crippen molar-refractivity contribution < 1.29 is 32.9 Å². The van der Waals surface area contributed by atoms with Crippen molar-refractivity contribution in [3.05, 3.63) is 24.3 Å². The third kappa shape index (κ3) is 78.2. The monoisotopic (exact) mass is 1330 g/mol. The van der Waals surface area contributed by atoms with E-state index in [0.717, 1.165) is 44.9 Å². The van der Waals surface area contributed by atoms with Crippen molar-refractivity contribution in [3.8, 4) is 0 Å². The van der Waals surface area contributed by atoms with Gasteiger partial charge in [0, 0.05) is 6.42 Å². The second kappa shape index (κ2) is 75.2. The molecule has 3 unspecified atom stereocenters. The van der Waals surface area contributed by atoms with E-state index in [1.54, 1.807) is 0 Å². The van der Waals surface area contributed by atoms with Crippen LogP contribution in [0.25, 0.3) is 0 Å². The number of allylic oxidation sites excluding steroid dienone is 4. The van der Waals surface area contributed by atoms with Crippen molar-refractivity contribution in [1.29, 1.82) is 0 Å². The summed E-state index contributed by atoms with van der Waals surface area (Å²) in [6.07, 6.45) is 101. The molecule has 554 valence electrons. The third-order valence-corrected chi connectivity index (χ3v) is 20.9. The van der Waals surface area contributed by atoms with Crippen molar-refractivity contribution in [2.75, 3.05) is 40.9 Å². The van der Waals surface area contributed by atoms with Gasteiger partial charge in [-0.15, -0.1) is 0 Å². The van der Waals surface area contributed by atoms with Crippen molar-refractivity contribution in [2.24, 2.45) is 0 Å². The molecule has 0 saturated heterocycles. The smallest absolute Gasteiger partial charge is 0.391 e. The lowest BCUT2D eigenvalue weighted by Crippen LogP contribution is -2.46. The molecule has 0 heterocycles. The average molecular weight is 1330 g/mol. The minimum Gasteiger partial charge on any atom is -0.391 e. The SMILES string of the molecule is CCCCCCC/C=C\C/C=C\CCCCCCCCCCCCCCCCCCCCCCCCCCCCCC(=O)NC(COP(=O)(O)OCC[N+](C)(C)C)C(O)CCCCCCCCCCCCCCCCCCCCCCCCCCCCCCCCCC. The van der Waals surface area contributed by atoms with E-state index in [0.29, 0.717) is 23.9 Å². The van der Waals surface area contributed by atoms with Crippen molar-refractivity contribution in [2.45, 2.75) is 469 Å². The van der Waals surface area contributed by atoms with E-state index in [1.165, 1.54) is 385 Å². The Morgan fingerprint density at radius 3 is 0.882 bits per heavy atom. The van der Waals surface area contributed by atoms with Crippen LogP contribution in [0.2, 0.25) is 0 Å². The fourth-order valence-electron chi connectivity index (χ4n) is 13.4. The number of amides is 1. The van der Waals surface area contributed by atoms with E-state index in [-0.39, 0.29) is 19.1 Å². The molecule has 0 saturated carbocycles. The zero-order valence-electron chi connectivity index (χ0n) is 63.8. The summed E-state index contributed by atoms with van der Waals surface area (Å²) in [7, 11) is 1.64. The van der Waals surface area contributed by atoms with E-state index in [4.69, 9.17) is 9.05 Å². The fourth-order valence-corrected chi connectivity index (χ4v) is 14.2. The van der Waals surface area contributed by atoms with Gasteiger partial charge in [-0.3, -0.25) is 13.8 Å². The summed E-state index contributed by atoms with van der Waals surface area (Å²) in [6, 6.07) is -0.760. The van der Waals surface area contributed by atoms with Crippen molar-refractivity contribution >= 4 is 13.7 Å². The van der Waals surface area contributed by atoms with Crippen LogP contribution in [0.3, 0.4) is 0 Å². The first-order valence-corrected chi connectivity index (χ1v) is 43.7. The number of hydrogen-bond acceptors (Lipinski definition) is 5. The number of aliphatic hydroxyl groups is 1. The first kappa shape index (κ1) is 92.0. The minimum atomic E-state index is -4.33. The molecular formula is C84H168N2O6P+. The normalized spacial score (nSPS) is 13.5. The van der Waals surface area contributed by atoms with Gasteiger partial charge >= 0.3 is 7.82 Å². The highest BCUT2D eigenvalue weighted by molar-refractivity contribution is 7.47. The van der Waals surface area contributed by atoms with Crippen molar-refractivity contribution in [3.63, 3.8) is 0 Å². The lowest BCUT2D eigenvalue weighted by atomic mass is 10.0. The van der Waals surface area contributed by atoms with Gasteiger partial charge in [0.05, 0.1) is 39.9 Å². The van der Waals surface area contributed by atoms with Gasteiger partial charge in [-0.1, -0.05) is 430 Å². The predicted molar refractivity (Wildman–Crippen MR) is 411 cm³/mol. The molecule has 0 aromatic rings. The van der Waals surface area contributed by atoms with E-state index in [1.807, 2.05) is 21.1 Å². The molecular weight excluding hydrogens is 1160 g/mol. The van der Waals surface area contributed by atoms with Crippen LogP contribution in [0.15, 0.2) is 24.3 Å². The van der Waals surface area contributed by atoms with E-state index in [2.05, 4.69) is 43.5 Å². The first-order valence-electron chi connectivity index (χ1n) is 42.2. The summed E-state index contributed by atoms with van der Waals surface area (Å²) in [5.74, 6) is -0.132. The molecule has 0 aromatic heterocycles. The maximum Gasteiger partial charge on any atom is 0.472 e. The van der Waals surface area contributed by atoms with Gasteiger partial charge in [0.25, 0.3) is 0 Å². The van der Waals surface area contributed by atoms with Gasteiger partial charge in [0.2, 0.25) is 5.91 Å². The van der Waals surface area contributed by atoms with Crippen molar-refractivity contribution in [1.82, 2.24) is 5.32 Å². The van der Waals surface area contributed by atoms with Gasteiger partial charge in [0.15, 0.2) is 0 Å². The third-order valence-electron chi connectivity index (χ3n) is 20.0. The Hall–Kier alpha value is -1.02. The second-order valence-corrected chi connectivity index (χ2v) is 32.0. The quantitative estimate of drug-likeness (QED) is 0.0243. The maximum atomic E-state index is 13.1. The minimum absolute atomic E-state index is 0.0785. The summed E-state index contributed by atoms with van der Waals surface area (Å²) < 4.78 is 24.0. The molecule has 9 heteroatoms. The van der Waals surface area contributed by atoms with Crippen LogP contribution in [0.4, 0.5) is 0 Å². The zero-order chi connectivity index (χ0) is 67.6. The number of aliphatic hydroxyl groups excluding tert-OH is 1. The molecule has 0 fully saturated rings. The maximum absolute atomic E-state index is 13.1. The van der Waals surface area contributed by atoms with Crippen LogP contribution in [0.5, 0.6) is 0 Å². The highest BCUT2D eigenvalue weighted by Gasteiger charge is 2.28. The molecule has 0 radical (unpaired) electrons. The summed E-state index contributed by atoms with van der Waals surface area (Å²) in [4.78, 5) is 23.6. The Balaban J connectivity index is 3.87. The Morgan fingerprint density at radius 2 is 0.613 bits per heavy atom. The number of phosphoric acid groups is 1. The number of carbonyl (C=O) groups excluding carboxylic acids is 1. The Morgan fingerprint density at radius 1 is 0.366 bits per heavy atom. The summed E-state index contributed by atoms with van der Waals surface area (Å²) in [5.41, 5.74) is 0.